The van der Waals surface area contributed by atoms with Crippen molar-refractivity contribution in [1.82, 2.24) is 14.9 Å². The number of aromatic nitrogens is 2. The van der Waals surface area contributed by atoms with Crippen LogP contribution in [0.2, 0.25) is 0 Å². The number of likely N-dealkylation sites (N-methyl/N-ethyl adjacent to an activating group) is 1. The van der Waals surface area contributed by atoms with Gasteiger partial charge in [-0.2, -0.15) is 4.98 Å². The first-order valence-electron chi connectivity index (χ1n) is 8.08. The van der Waals surface area contributed by atoms with E-state index in [1.807, 2.05) is 37.0 Å². The summed E-state index contributed by atoms with van der Waals surface area (Å²) in [6.07, 6.45) is 6.07. The van der Waals surface area contributed by atoms with Gasteiger partial charge in [0.1, 0.15) is 5.82 Å². The highest BCUT2D eigenvalue weighted by Gasteiger charge is 2.36. The van der Waals surface area contributed by atoms with E-state index >= 15 is 0 Å². The van der Waals surface area contributed by atoms with Gasteiger partial charge in [-0.1, -0.05) is 0 Å². The molecule has 1 aromatic rings. The summed E-state index contributed by atoms with van der Waals surface area (Å²) in [6, 6.07) is 2.18. The maximum atomic E-state index is 12.3. The maximum Gasteiger partial charge on any atom is 0.227 e. The van der Waals surface area contributed by atoms with Gasteiger partial charge in [-0.05, 0) is 31.7 Å². The highest BCUT2D eigenvalue weighted by Crippen LogP contribution is 2.32. The highest BCUT2D eigenvalue weighted by atomic mass is 16.2. The quantitative estimate of drug-likeness (QED) is 0.841. The molecule has 2 fully saturated rings. The normalized spacial score (nSPS) is 21.6. The second kappa shape index (κ2) is 6.10. The Morgan fingerprint density at radius 3 is 2.73 bits per heavy atom. The van der Waals surface area contributed by atoms with E-state index in [-0.39, 0.29) is 12.0 Å². The summed E-state index contributed by atoms with van der Waals surface area (Å²) in [4.78, 5) is 27.4. The molecular formula is C16H25N5O. The Morgan fingerprint density at radius 2 is 2.05 bits per heavy atom. The molecule has 1 aliphatic carbocycles. The van der Waals surface area contributed by atoms with Crippen LogP contribution in [0, 0.1) is 5.92 Å². The Balaban J connectivity index is 1.69. The first-order chi connectivity index (χ1) is 10.6. The topological polar surface area (TPSA) is 52.6 Å². The zero-order chi connectivity index (χ0) is 15.7. The molecule has 1 aliphatic heterocycles. The maximum absolute atomic E-state index is 12.3. The molecule has 0 radical (unpaired) electrons. The number of carbonyl (C=O) groups is 1. The van der Waals surface area contributed by atoms with Gasteiger partial charge >= 0.3 is 0 Å². The SMILES string of the molecule is CN(C)c1ccnc(N2CCCC(N(C)C(=O)C3CC3)C2)n1. The molecule has 6 heteroatoms. The minimum atomic E-state index is 0.272. The molecule has 1 unspecified atom stereocenters. The highest BCUT2D eigenvalue weighted by molar-refractivity contribution is 5.81. The molecule has 6 nitrogen and oxygen atoms in total. The zero-order valence-electron chi connectivity index (χ0n) is 13.7. The summed E-state index contributed by atoms with van der Waals surface area (Å²) in [6.45, 7) is 1.78. The summed E-state index contributed by atoms with van der Waals surface area (Å²) in [5, 5.41) is 0. The molecule has 1 saturated carbocycles. The van der Waals surface area contributed by atoms with E-state index in [4.69, 9.17) is 0 Å². The van der Waals surface area contributed by atoms with Gasteiger partial charge in [-0.15, -0.1) is 0 Å². The number of rotatable bonds is 4. The third-order valence-electron chi connectivity index (χ3n) is 4.59. The molecule has 1 aromatic heterocycles. The van der Waals surface area contributed by atoms with Crippen molar-refractivity contribution in [2.75, 3.05) is 44.0 Å². The summed E-state index contributed by atoms with van der Waals surface area (Å²) in [7, 11) is 5.91. The molecule has 0 bridgehead atoms. The minimum Gasteiger partial charge on any atom is -0.363 e. The Hall–Kier alpha value is -1.85. The van der Waals surface area contributed by atoms with Gasteiger partial charge in [-0.3, -0.25) is 4.79 Å². The first kappa shape index (κ1) is 15.1. The standard InChI is InChI=1S/C16H25N5O/c1-19(2)14-8-9-17-16(18-14)21-10-4-5-13(11-21)20(3)15(22)12-6-7-12/h8-9,12-13H,4-7,10-11H2,1-3H3. The third kappa shape index (κ3) is 3.15. The van der Waals surface area contributed by atoms with E-state index in [1.165, 1.54) is 0 Å². The first-order valence-corrected chi connectivity index (χ1v) is 8.08. The van der Waals surface area contributed by atoms with Gasteiger partial charge in [0.05, 0.1) is 0 Å². The monoisotopic (exact) mass is 303 g/mol. The van der Waals surface area contributed by atoms with E-state index in [1.54, 1.807) is 6.20 Å². The van der Waals surface area contributed by atoms with Crippen LogP contribution in [0.15, 0.2) is 12.3 Å². The lowest BCUT2D eigenvalue weighted by atomic mass is 10.0. The van der Waals surface area contributed by atoms with E-state index in [0.717, 1.165) is 50.5 Å². The van der Waals surface area contributed by atoms with Crippen molar-refractivity contribution >= 4 is 17.7 Å². The van der Waals surface area contributed by atoms with Gasteiger partial charge in [0, 0.05) is 52.4 Å². The number of piperidine rings is 1. The fraction of sp³-hybridized carbons (Fsp3) is 0.688. The average Bonchev–Trinajstić information content (AvgIpc) is 3.38. The summed E-state index contributed by atoms with van der Waals surface area (Å²) in [5.41, 5.74) is 0. The smallest absolute Gasteiger partial charge is 0.227 e. The molecule has 3 rings (SSSR count). The molecule has 1 amide bonds. The molecular weight excluding hydrogens is 278 g/mol. The van der Waals surface area contributed by atoms with Gasteiger partial charge in [0.2, 0.25) is 11.9 Å². The Kier molecular flexibility index (Phi) is 4.18. The molecule has 0 N–H and O–H groups in total. The van der Waals surface area contributed by atoms with Crippen LogP contribution in [-0.4, -0.2) is 61.0 Å². The third-order valence-corrected chi connectivity index (χ3v) is 4.59. The average molecular weight is 303 g/mol. The number of hydrogen-bond donors (Lipinski definition) is 0. The number of carbonyl (C=O) groups excluding carboxylic acids is 1. The van der Waals surface area contributed by atoms with Crippen LogP contribution in [0.3, 0.4) is 0 Å². The Morgan fingerprint density at radius 1 is 1.27 bits per heavy atom. The van der Waals surface area contributed by atoms with Crippen LogP contribution in [0.4, 0.5) is 11.8 Å². The molecule has 1 atom stereocenters. The molecule has 0 spiro atoms. The lowest BCUT2D eigenvalue weighted by Gasteiger charge is -2.37. The Labute approximate surface area is 132 Å². The van der Waals surface area contributed by atoms with Crippen molar-refractivity contribution in [1.29, 1.82) is 0 Å². The molecule has 22 heavy (non-hydrogen) atoms. The van der Waals surface area contributed by atoms with Gasteiger partial charge in [0.15, 0.2) is 0 Å². The minimum absolute atomic E-state index is 0.272. The van der Waals surface area contributed by atoms with Crippen molar-refractivity contribution in [2.24, 2.45) is 5.92 Å². The van der Waals surface area contributed by atoms with Crippen molar-refractivity contribution in [3.8, 4) is 0 Å². The number of amides is 1. The summed E-state index contributed by atoms with van der Waals surface area (Å²) >= 11 is 0. The van der Waals surface area contributed by atoms with Crippen molar-refractivity contribution < 1.29 is 4.79 Å². The molecule has 120 valence electrons. The largest absolute Gasteiger partial charge is 0.363 e. The molecule has 2 heterocycles. The fourth-order valence-electron chi connectivity index (χ4n) is 2.99. The van der Waals surface area contributed by atoms with Crippen molar-refractivity contribution in [3.05, 3.63) is 12.3 Å². The van der Waals surface area contributed by atoms with E-state index in [9.17, 15) is 4.79 Å². The van der Waals surface area contributed by atoms with Crippen LogP contribution in [0.5, 0.6) is 0 Å². The van der Waals surface area contributed by atoms with Crippen molar-refractivity contribution in [2.45, 2.75) is 31.7 Å². The van der Waals surface area contributed by atoms with E-state index in [2.05, 4.69) is 14.9 Å². The van der Waals surface area contributed by atoms with Crippen LogP contribution in [0.1, 0.15) is 25.7 Å². The van der Waals surface area contributed by atoms with E-state index < -0.39 is 0 Å². The summed E-state index contributed by atoms with van der Waals surface area (Å²) in [5.74, 6) is 2.28. The number of nitrogens with zero attached hydrogens (tertiary/aromatic N) is 5. The molecule has 1 saturated heterocycles. The molecule has 2 aliphatic rings. The second-order valence-electron chi connectivity index (χ2n) is 6.57. The lowest BCUT2D eigenvalue weighted by Crippen LogP contribution is -2.49. The van der Waals surface area contributed by atoms with Crippen LogP contribution < -0.4 is 9.80 Å². The van der Waals surface area contributed by atoms with E-state index in [0.29, 0.717) is 5.91 Å². The second-order valence-corrected chi connectivity index (χ2v) is 6.57. The zero-order valence-corrected chi connectivity index (χ0v) is 13.7. The van der Waals surface area contributed by atoms with Gasteiger partial charge in [0.25, 0.3) is 0 Å². The molecule has 0 aromatic carbocycles. The Bertz CT molecular complexity index is 543. The predicted octanol–water partition coefficient (Wildman–Crippen LogP) is 1.38. The fourth-order valence-corrected chi connectivity index (χ4v) is 2.99. The van der Waals surface area contributed by atoms with Crippen LogP contribution in [0.25, 0.3) is 0 Å². The van der Waals surface area contributed by atoms with Crippen LogP contribution in [-0.2, 0) is 4.79 Å². The predicted molar refractivity (Wildman–Crippen MR) is 87.1 cm³/mol. The van der Waals surface area contributed by atoms with Crippen molar-refractivity contribution in [3.63, 3.8) is 0 Å². The van der Waals surface area contributed by atoms with Gasteiger partial charge < -0.3 is 14.7 Å². The lowest BCUT2D eigenvalue weighted by molar-refractivity contribution is -0.133. The number of hydrogen-bond acceptors (Lipinski definition) is 5. The summed E-state index contributed by atoms with van der Waals surface area (Å²) < 4.78 is 0. The van der Waals surface area contributed by atoms with Crippen LogP contribution >= 0.6 is 0 Å². The van der Waals surface area contributed by atoms with Gasteiger partial charge in [-0.25, -0.2) is 4.98 Å². The number of anilines is 2.